The topological polar surface area (TPSA) is 56.9 Å². The smallest absolute Gasteiger partial charge is 0.386 e. The van der Waals surface area contributed by atoms with E-state index in [1.54, 1.807) is 20.0 Å². The molecule has 0 fully saturated rings. The van der Waals surface area contributed by atoms with Crippen molar-refractivity contribution < 1.29 is 18.0 Å². The maximum absolute atomic E-state index is 13.7. The van der Waals surface area contributed by atoms with Gasteiger partial charge in [0.2, 0.25) is 0 Å². The summed E-state index contributed by atoms with van der Waals surface area (Å²) in [5, 5.41) is 5.73. The van der Waals surface area contributed by atoms with E-state index in [0.717, 1.165) is 5.56 Å². The van der Waals surface area contributed by atoms with Crippen LogP contribution in [0.3, 0.4) is 0 Å². The van der Waals surface area contributed by atoms with Crippen molar-refractivity contribution in [2.45, 2.75) is 26.9 Å². The normalized spacial score (nSPS) is 15.1. The number of alkyl halides is 3. The van der Waals surface area contributed by atoms with Gasteiger partial charge in [0.1, 0.15) is 0 Å². The second-order valence-corrected chi connectivity index (χ2v) is 6.69. The van der Waals surface area contributed by atoms with Crippen LogP contribution >= 0.6 is 0 Å². The third-order valence-electron chi connectivity index (χ3n) is 4.54. The first-order valence-electron chi connectivity index (χ1n) is 8.36. The fourth-order valence-corrected chi connectivity index (χ4v) is 3.51. The number of amides is 1. The van der Waals surface area contributed by atoms with E-state index in [4.69, 9.17) is 0 Å². The molecule has 0 unspecified atom stereocenters. The molecule has 0 saturated heterocycles. The van der Waals surface area contributed by atoms with E-state index in [9.17, 15) is 18.0 Å². The Balaban J connectivity index is 2.26. The molecule has 0 aliphatic carbocycles. The number of fused-ring (bicyclic) bond motifs is 1. The number of halogens is 3. The lowest BCUT2D eigenvalue weighted by molar-refractivity contribution is -0.137. The number of carbonyl (C=O) groups excluding carboxylic acids is 1. The highest BCUT2D eigenvalue weighted by Crippen LogP contribution is 2.43. The number of hydrogen-bond acceptors (Lipinski definition) is 2. The van der Waals surface area contributed by atoms with Crippen LogP contribution in [0.15, 0.2) is 18.7 Å². The number of nitrogens with one attached hydrogen (secondary N) is 3. The van der Waals surface area contributed by atoms with Crippen molar-refractivity contribution in [1.29, 1.82) is 0 Å². The van der Waals surface area contributed by atoms with E-state index < -0.39 is 17.6 Å². The summed E-state index contributed by atoms with van der Waals surface area (Å²) >= 11 is 0. The van der Waals surface area contributed by atoms with E-state index in [0.29, 0.717) is 28.2 Å². The van der Waals surface area contributed by atoms with Gasteiger partial charge in [0.15, 0.2) is 0 Å². The highest BCUT2D eigenvalue weighted by atomic mass is 19.4. The Morgan fingerprint density at radius 1 is 1.26 bits per heavy atom. The third kappa shape index (κ3) is 3.13. The summed E-state index contributed by atoms with van der Waals surface area (Å²) in [5.41, 5.74) is 2.68. The van der Waals surface area contributed by atoms with Crippen molar-refractivity contribution in [3.05, 3.63) is 52.4 Å². The molecule has 1 aliphatic heterocycles. The van der Waals surface area contributed by atoms with Crippen molar-refractivity contribution in [3.8, 4) is 0 Å². The number of hydrogen-bond donors (Lipinski definition) is 3. The van der Waals surface area contributed by atoms with Crippen molar-refractivity contribution >= 4 is 34.5 Å². The number of aryl methyl sites for hydroxylation is 2. The number of aromatic nitrogens is 1. The Kier molecular flexibility index (Phi) is 4.41. The molecule has 0 bridgehead atoms. The molecular weight excluding hydrogens is 355 g/mol. The molecular formula is C20H20F3N3O. The number of H-pyrrole nitrogens is 1. The van der Waals surface area contributed by atoms with E-state index in [-0.39, 0.29) is 16.8 Å². The SMILES string of the molecule is C=C(C)c1c(C)[nH]c(/C=C2\C(=O)Nc3c(NC)cc(C)cc32)c1C(F)(F)F. The van der Waals surface area contributed by atoms with Crippen LogP contribution in [0, 0.1) is 13.8 Å². The summed E-state index contributed by atoms with van der Waals surface area (Å²) in [6.45, 7) is 8.62. The lowest BCUT2D eigenvalue weighted by Crippen LogP contribution is -2.09. The zero-order valence-electron chi connectivity index (χ0n) is 15.5. The summed E-state index contributed by atoms with van der Waals surface area (Å²) in [6, 6.07) is 3.64. The summed E-state index contributed by atoms with van der Waals surface area (Å²) in [6.07, 6.45) is -3.31. The molecule has 0 saturated carbocycles. The lowest BCUT2D eigenvalue weighted by atomic mass is 9.99. The Bertz CT molecular complexity index is 997. The van der Waals surface area contributed by atoms with Crippen molar-refractivity contribution in [1.82, 2.24) is 4.98 Å². The van der Waals surface area contributed by atoms with Gasteiger partial charge in [-0.1, -0.05) is 6.58 Å². The molecule has 1 aliphatic rings. The van der Waals surface area contributed by atoms with Crippen molar-refractivity contribution in [2.75, 3.05) is 17.7 Å². The van der Waals surface area contributed by atoms with Crippen LogP contribution in [0.2, 0.25) is 0 Å². The second kappa shape index (κ2) is 6.33. The predicted molar refractivity (Wildman–Crippen MR) is 102 cm³/mol. The minimum absolute atomic E-state index is 0.0353. The monoisotopic (exact) mass is 375 g/mol. The molecule has 3 N–H and O–H groups in total. The largest absolute Gasteiger partial charge is 0.419 e. The molecule has 7 heteroatoms. The fourth-order valence-electron chi connectivity index (χ4n) is 3.51. The standard InChI is InChI=1S/C20H20F3N3O/c1-9(2)16-11(4)25-14(17(16)20(21,22)23)8-13-12-6-10(3)7-15(24-5)18(12)26-19(13)27/h6-8,24-25H,1H2,2-5H3,(H,26,27)/b13-8-. The van der Waals surface area contributed by atoms with Gasteiger partial charge in [0.25, 0.3) is 5.91 Å². The molecule has 3 rings (SSSR count). The van der Waals surface area contributed by atoms with Crippen LogP contribution < -0.4 is 10.6 Å². The number of carbonyl (C=O) groups is 1. The number of aromatic amines is 1. The molecule has 4 nitrogen and oxygen atoms in total. The minimum atomic E-state index is -4.58. The van der Waals surface area contributed by atoms with E-state index in [1.165, 1.54) is 13.0 Å². The minimum Gasteiger partial charge on any atom is -0.386 e. The zero-order chi connectivity index (χ0) is 20.1. The van der Waals surface area contributed by atoms with Crippen LogP contribution in [0.1, 0.15) is 40.6 Å². The first-order chi connectivity index (χ1) is 12.5. The van der Waals surface area contributed by atoms with Crippen molar-refractivity contribution in [2.24, 2.45) is 0 Å². The van der Waals surface area contributed by atoms with Crippen LogP contribution in [0.5, 0.6) is 0 Å². The van der Waals surface area contributed by atoms with Crippen LogP contribution in [0.4, 0.5) is 24.5 Å². The van der Waals surface area contributed by atoms with E-state index in [1.807, 2.05) is 13.0 Å². The quantitative estimate of drug-likeness (QED) is 0.645. The highest BCUT2D eigenvalue weighted by molar-refractivity contribution is 6.36. The molecule has 0 spiro atoms. The van der Waals surface area contributed by atoms with E-state index >= 15 is 0 Å². The molecule has 1 aromatic heterocycles. The Morgan fingerprint density at radius 3 is 2.48 bits per heavy atom. The Morgan fingerprint density at radius 2 is 1.93 bits per heavy atom. The fraction of sp³-hybridized carbons (Fsp3) is 0.250. The van der Waals surface area contributed by atoms with Gasteiger partial charge in [-0.3, -0.25) is 4.79 Å². The first-order valence-corrected chi connectivity index (χ1v) is 8.36. The Labute approximate surface area is 155 Å². The number of anilines is 2. The summed E-state index contributed by atoms with van der Waals surface area (Å²) < 4.78 is 41.2. The van der Waals surface area contributed by atoms with Crippen molar-refractivity contribution in [3.63, 3.8) is 0 Å². The summed E-state index contributed by atoms with van der Waals surface area (Å²) in [7, 11) is 1.72. The lowest BCUT2D eigenvalue weighted by Gasteiger charge is -2.11. The molecule has 2 aromatic rings. The van der Waals surface area contributed by atoms with Gasteiger partial charge in [-0.15, -0.1) is 0 Å². The average molecular weight is 375 g/mol. The molecule has 142 valence electrons. The molecule has 1 aromatic carbocycles. The maximum atomic E-state index is 13.7. The van der Waals surface area contributed by atoms with Gasteiger partial charge in [-0.05, 0) is 50.1 Å². The van der Waals surface area contributed by atoms with Gasteiger partial charge in [-0.2, -0.15) is 13.2 Å². The maximum Gasteiger partial charge on any atom is 0.419 e. The van der Waals surface area contributed by atoms with Gasteiger partial charge in [-0.25, -0.2) is 0 Å². The molecule has 0 radical (unpaired) electrons. The van der Waals surface area contributed by atoms with Gasteiger partial charge >= 0.3 is 6.18 Å². The number of allylic oxidation sites excluding steroid dienone is 1. The molecule has 2 heterocycles. The molecule has 27 heavy (non-hydrogen) atoms. The van der Waals surface area contributed by atoms with Crippen LogP contribution in [-0.4, -0.2) is 17.9 Å². The van der Waals surface area contributed by atoms with Gasteiger partial charge in [0, 0.05) is 23.9 Å². The average Bonchev–Trinajstić information content (AvgIpc) is 3.04. The molecule has 1 amide bonds. The summed E-state index contributed by atoms with van der Waals surface area (Å²) in [4.78, 5) is 15.3. The second-order valence-electron chi connectivity index (χ2n) is 6.69. The predicted octanol–water partition coefficient (Wildman–Crippen LogP) is 5.22. The van der Waals surface area contributed by atoms with Gasteiger partial charge in [0.05, 0.1) is 28.2 Å². The number of rotatable bonds is 3. The summed E-state index contributed by atoms with van der Waals surface area (Å²) in [5.74, 6) is -0.440. The van der Waals surface area contributed by atoms with Crippen LogP contribution in [0.25, 0.3) is 17.2 Å². The number of benzene rings is 1. The molecule has 0 atom stereocenters. The first kappa shape index (κ1) is 18.8. The van der Waals surface area contributed by atoms with Crippen LogP contribution in [-0.2, 0) is 11.0 Å². The van der Waals surface area contributed by atoms with E-state index in [2.05, 4.69) is 22.2 Å². The highest BCUT2D eigenvalue weighted by Gasteiger charge is 2.39. The zero-order valence-corrected chi connectivity index (χ0v) is 15.5. The van der Waals surface area contributed by atoms with Gasteiger partial charge < -0.3 is 15.6 Å². The third-order valence-corrected chi connectivity index (χ3v) is 4.54. The Hall–Kier alpha value is -2.96.